The van der Waals surface area contributed by atoms with Crippen LogP contribution >= 0.6 is 11.6 Å². The summed E-state index contributed by atoms with van der Waals surface area (Å²) in [5, 5.41) is 4.20. The molecule has 0 unspecified atom stereocenters. The Morgan fingerprint density at radius 2 is 1.62 bits per heavy atom. The van der Waals surface area contributed by atoms with Crippen LogP contribution in [0.25, 0.3) is 0 Å². The normalized spacial score (nSPS) is 11.0. The van der Waals surface area contributed by atoms with E-state index in [1.165, 1.54) is 11.1 Å². The van der Waals surface area contributed by atoms with Crippen LogP contribution in [0.3, 0.4) is 0 Å². The van der Waals surface area contributed by atoms with Gasteiger partial charge in [0, 0.05) is 17.6 Å². The predicted molar refractivity (Wildman–Crippen MR) is 88.4 cm³/mol. The minimum Gasteiger partial charge on any atom is -0.372 e. The molecule has 0 heterocycles. The summed E-state index contributed by atoms with van der Waals surface area (Å²) in [7, 11) is 0. The van der Waals surface area contributed by atoms with E-state index in [1.54, 1.807) is 0 Å². The summed E-state index contributed by atoms with van der Waals surface area (Å²) in [6, 6.07) is 16.6. The summed E-state index contributed by atoms with van der Waals surface area (Å²) in [5.74, 6) is 0. The van der Waals surface area contributed by atoms with Crippen LogP contribution in [0.4, 0.5) is 0 Å². The van der Waals surface area contributed by atoms with Gasteiger partial charge in [0.05, 0.1) is 13.2 Å². The molecule has 2 rings (SSSR count). The lowest BCUT2D eigenvalue weighted by molar-refractivity contribution is 0.106. The van der Waals surface area contributed by atoms with Crippen molar-refractivity contribution in [2.24, 2.45) is 0 Å². The predicted octanol–water partition coefficient (Wildman–Crippen LogP) is 4.55. The molecule has 0 atom stereocenters. The maximum absolute atomic E-state index is 5.87. The fourth-order valence-electron chi connectivity index (χ4n) is 2.04. The van der Waals surface area contributed by atoms with Gasteiger partial charge in [0.1, 0.15) is 0 Å². The maximum Gasteiger partial charge on any atom is 0.0724 e. The number of rotatable bonds is 7. The van der Waals surface area contributed by atoms with E-state index in [0.717, 1.165) is 17.1 Å². The molecule has 0 saturated heterocycles. The van der Waals surface area contributed by atoms with Crippen molar-refractivity contribution < 1.29 is 4.74 Å². The zero-order valence-corrected chi connectivity index (χ0v) is 13.4. The van der Waals surface area contributed by atoms with Gasteiger partial charge in [-0.2, -0.15) is 0 Å². The topological polar surface area (TPSA) is 21.3 Å². The molecule has 0 radical (unpaired) electrons. The number of ether oxygens (including phenoxy) is 1. The van der Waals surface area contributed by atoms with Crippen LogP contribution in [0.5, 0.6) is 0 Å². The Morgan fingerprint density at radius 1 is 0.952 bits per heavy atom. The van der Waals surface area contributed by atoms with Crippen LogP contribution in [-0.4, -0.2) is 6.04 Å². The van der Waals surface area contributed by atoms with Crippen molar-refractivity contribution in [2.45, 2.75) is 39.6 Å². The summed E-state index contributed by atoms with van der Waals surface area (Å²) in [5.41, 5.74) is 3.67. The van der Waals surface area contributed by atoms with Crippen molar-refractivity contribution >= 4 is 11.6 Å². The zero-order valence-electron chi connectivity index (χ0n) is 12.6. The average molecular weight is 304 g/mol. The summed E-state index contributed by atoms with van der Waals surface area (Å²) in [4.78, 5) is 0. The Morgan fingerprint density at radius 3 is 2.29 bits per heavy atom. The van der Waals surface area contributed by atoms with Crippen LogP contribution in [0.15, 0.2) is 48.5 Å². The van der Waals surface area contributed by atoms with Crippen molar-refractivity contribution in [3.63, 3.8) is 0 Å². The van der Waals surface area contributed by atoms with Gasteiger partial charge >= 0.3 is 0 Å². The first kappa shape index (κ1) is 16.0. The summed E-state index contributed by atoms with van der Waals surface area (Å²) < 4.78 is 5.82. The molecule has 1 N–H and O–H groups in total. The number of benzene rings is 2. The van der Waals surface area contributed by atoms with Gasteiger partial charge in [-0.1, -0.05) is 61.8 Å². The molecule has 0 bridgehead atoms. The highest BCUT2D eigenvalue weighted by molar-refractivity contribution is 6.30. The Balaban J connectivity index is 1.89. The molecular formula is C18H22ClNO. The molecule has 0 aromatic heterocycles. The van der Waals surface area contributed by atoms with E-state index in [2.05, 4.69) is 43.4 Å². The van der Waals surface area contributed by atoms with Gasteiger partial charge in [-0.15, -0.1) is 0 Å². The van der Waals surface area contributed by atoms with Gasteiger partial charge in [0.2, 0.25) is 0 Å². The van der Waals surface area contributed by atoms with Gasteiger partial charge in [0.25, 0.3) is 0 Å². The second kappa shape index (κ2) is 8.18. The van der Waals surface area contributed by atoms with Crippen molar-refractivity contribution in [1.29, 1.82) is 0 Å². The smallest absolute Gasteiger partial charge is 0.0724 e. The Hall–Kier alpha value is -1.35. The number of hydrogen-bond acceptors (Lipinski definition) is 2. The van der Waals surface area contributed by atoms with Gasteiger partial charge in [-0.3, -0.25) is 0 Å². The maximum atomic E-state index is 5.87. The highest BCUT2D eigenvalue weighted by atomic mass is 35.5. The van der Waals surface area contributed by atoms with E-state index in [4.69, 9.17) is 16.3 Å². The highest BCUT2D eigenvalue weighted by Crippen LogP contribution is 2.13. The van der Waals surface area contributed by atoms with E-state index < -0.39 is 0 Å². The minimum absolute atomic E-state index is 0.480. The van der Waals surface area contributed by atoms with Crippen molar-refractivity contribution in [3.8, 4) is 0 Å². The zero-order chi connectivity index (χ0) is 15.1. The standard InChI is InChI=1S/C18H22ClNO/c1-14(2)20-11-16-5-3-4-6-17(16)13-21-12-15-7-9-18(19)10-8-15/h3-10,14,20H,11-13H2,1-2H3. The van der Waals surface area contributed by atoms with Crippen LogP contribution in [0, 0.1) is 0 Å². The van der Waals surface area contributed by atoms with E-state index in [1.807, 2.05) is 24.3 Å². The second-order valence-electron chi connectivity index (χ2n) is 5.42. The van der Waals surface area contributed by atoms with Crippen LogP contribution in [0.1, 0.15) is 30.5 Å². The molecule has 0 fully saturated rings. The Bertz CT molecular complexity index is 551. The van der Waals surface area contributed by atoms with Crippen molar-refractivity contribution in [3.05, 3.63) is 70.2 Å². The summed E-state index contributed by atoms with van der Waals surface area (Å²) in [6.07, 6.45) is 0. The first-order chi connectivity index (χ1) is 10.1. The molecule has 0 aliphatic heterocycles. The first-order valence-electron chi connectivity index (χ1n) is 7.27. The summed E-state index contributed by atoms with van der Waals surface area (Å²) >= 11 is 5.87. The van der Waals surface area contributed by atoms with E-state index in [-0.39, 0.29) is 0 Å². The molecule has 0 aliphatic rings. The molecule has 21 heavy (non-hydrogen) atoms. The Kier molecular flexibility index (Phi) is 6.24. The van der Waals surface area contributed by atoms with Gasteiger partial charge in [-0.25, -0.2) is 0 Å². The van der Waals surface area contributed by atoms with Gasteiger partial charge < -0.3 is 10.1 Å². The first-order valence-corrected chi connectivity index (χ1v) is 7.65. The quantitative estimate of drug-likeness (QED) is 0.810. The molecule has 0 spiro atoms. The molecule has 2 aromatic carbocycles. The molecule has 0 saturated carbocycles. The highest BCUT2D eigenvalue weighted by Gasteiger charge is 2.03. The van der Waals surface area contributed by atoms with Gasteiger partial charge in [0.15, 0.2) is 0 Å². The third kappa shape index (κ3) is 5.50. The van der Waals surface area contributed by atoms with Crippen LogP contribution < -0.4 is 5.32 Å². The van der Waals surface area contributed by atoms with Crippen LogP contribution in [-0.2, 0) is 24.5 Å². The number of halogens is 1. The lowest BCUT2D eigenvalue weighted by Crippen LogP contribution is -2.22. The molecule has 112 valence electrons. The monoisotopic (exact) mass is 303 g/mol. The minimum atomic E-state index is 0.480. The largest absolute Gasteiger partial charge is 0.372 e. The third-order valence-electron chi connectivity index (χ3n) is 3.26. The number of hydrogen-bond donors (Lipinski definition) is 1. The molecule has 2 aromatic rings. The fraction of sp³-hybridized carbons (Fsp3) is 0.333. The van der Waals surface area contributed by atoms with E-state index in [0.29, 0.717) is 19.3 Å². The fourth-order valence-corrected chi connectivity index (χ4v) is 2.17. The molecular weight excluding hydrogens is 282 g/mol. The lowest BCUT2D eigenvalue weighted by atomic mass is 10.1. The number of nitrogens with one attached hydrogen (secondary N) is 1. The van der Waals surface area contributed by atoms with E-state index >= 15 is 0 Å². The van der Waals surface area contributed by atoms with Gasteiger partial charge in [-0.05, 0) is 28.8 Å². The molecule has 0 amide bonds. The second-order valence-corrected chi connectivity index (χ2v) is 5.86. The SMILES string of the molecule is CC(C)NCc1ccccc1COCc1ccc(Cl)cc1. The average Bonchev–Trinajstić information content (AvgIpc) is 2.48. The van der Waals surface area contributed by atoms with E-state index in [9.17, 15) is 0 Å². The molecule has 2 nitrogen and oxygen atoms in total. The molecule has 3 heteroatoms. The molecule has 0 aliphatic carbocycles. The Labute approximate surface area is 132 Å². The summed E-state index contributed by atoms with van der Waals surface area (Å²) in [6.45, 7) is 6.40. The lowest BCUT2D eigenvalue weighted by Gasteiger charge is -2.13. The third-order valence-corrected chi connectivity index (χ3v) is 3.51. The van der Waals surface area contributed by atoms with Crippen molar-refractivity contribution in [2.75, 3.05) is 0 Å². The van der Waals surface area contributed by atoms with Crippen LogP contribution in [0.2, 0.25) is 5.02 Å². The van der Waals surface area contributed by atoms with Crippen molar-refractivity contribution in [1.82, 2.24) is 5.32 Å².